The summed E-state index contributed by atoms with van der Waals surface area (Å²) in [6.45, 7) is 0. The normalized spacial score (nSPS) is 13.5. The number of nitrogens with two attached hydrogens (primary N) is 1. The van der Waals surface area contributed by atoms with Crippen LogP contribution in [0.3, 0.4) is 0 Å². The number of nitrogen functional groups attached to an aromatic ring is 1. The van der Waals surface area contributed by atoms with Gasteiger partial charge in [0.05, 0.1) is 0 Å². The molecule has 0 radical (unpaired) electrons. The molecular formula is C24H21N. The van der Waals surface area contributed by atoms with E-state index in [-0.39, 0.29) is 0 Å². The third-order valence-corrected chi connectivity index (χ3v) is 4.72. The number of anilines is 1. The molecule has 25 heavy (non-hydrogen) atoms. The van der Waals surface area contributed by atoms with Crippen LogP contribution in [0.25, 0.3) is 27.8 Å². The molecule has 1 nitrogen and oxygen atoms in total. The summed E-state index contributed by atoms with van der Waals surface area (Å²) in [6.07, 6.45) is 8.73. The van der Waals surface area contributed by atoms with Crippen LogP contribution in [-0.4, -0.2) is 0 Å². The maximum Gasteiger partial charge on any atom is 0.0400 e. The van der Waals surface area contributed by atoms with E-state index in [0.29, 0.717) is 0 Å². The van der Waals surface area contributed by atoms with Crippen LogP contribution in [0.1, 0.15) is 18.4 Å². The van der Waals surface area contributed by atoms with Gasteiger partial charge >= 0.3 is 0 Å². The Hall–Kier alpha value is -3.06. The molecule has 1 aliphatic rings. The van der Waals surface area contributed by atoms with Crippen molar-refractivity contribution in [3.63, 3.8) is 0 Å². The molecule has 1 aliphatic carbocycles. The maximum absolute atomic E-state index is 6.46. The highest BCUT2D eigenvalue weighted by Crippen LogP contribution is 2.42. The zero-order chi connectivity index (χ0) is 17.1. The molecular weight excluding hydrogens is 302 g/mol. The third-order valence-electron chi connectivity index (χ3n) is 4.72. The Morgan fingerprint density at radius 2 is 1.36 bits per heavy atom. The summed E-state index contributed by atoms with van der Waals surface area (Å²) >= 11 is 0. The predicted molar refractivity (Wildman–Crippen MR) is 108 cm³/mol. The lowest BCUT2D eigenvalue weighted by Crippen LogP contribution is -2.00. The first-order valence-corrected chi connectivity index (χ1v) is 8.74. The fourth-order valence-corrected chi connectivity index (χ4v) is 3.54. The van der Waals surface area contributed by atoms with Crippen molar-refractivity contribution in [2.45, 2.75) is 12.8 Å². The Bertz CT molecular complexity index is 935. The highest BCUT2D eigenvalue weighted by Gasteiger charge is 2.18. The molecule has 0 aromatic heterocycles. The molecule has 0 heterocycles. The van der Waals surface area contributed by atoms with E-state index in [9.17, 15) is 0 Å². The van der Waals surface area contributed by atoms with E-state index in [0.717, 1.165) is 24.1 Å². The molecule has 0 spiro atoms. The first-order chi connectivity index (χ1) is 12.3. The Labute approximate surface area is 149 Å². The summed E-state index contributed by atoms with van der Waals surface area (Å²) in [4.78, 5) is 0. The van der Waals surface area contributed by atoms with Crippen molar-refractivity contribution in [2.24, 2.45) is 0 Å². The van der Waals surface area contributed by atoms with Crippen molar-refractivity contribution in [1.29, 1.82) is 0 Å². The molecule has 1 heteroatoms. The molecule has 0 saturated heterocycles. The van der Waals surface area contributed by atoms with Gasteiger partial charge in [0.1, 0.15) is 0 Å². The van der Waals surface area contributed by atoms with E-state index in [1.54, 1.807) is 0 Å². The fraction of sp³-hybridized carbons (Fsp3) is 0.0833. The SMILES string of the molecule is Nc1ccc(-c2ccccc2)c(C2=CC=CCC2)c1-c1ccccc1. The van der Waals surface area contributed by atoms with E-state index >= 15 is 0 Å². The highest BCUT2D eigenvalue weighted by atomic mass is 14.6. The van der Waals surface area contributed by atoms with Gasteiger partial charge in [-0.3, -0.25) is 0 Å². The van der Waals surface area contributed by atoms with Gasteiger partial charge in [0.25, 0.3) is 0 Å². The largest absolute Gasteiger partial charge is 0.398 e. The average molecular weight is 323 g/mol. The van der Waals surface area contributed by atoms with Crippen LogP contribution in [0, 0.1) is 0 Å². The minimum Gasteiger partial charge on any atom is -0.398 e. The summed E-state index contributed by atoms with van der Waals surface area (Å²) in [7, 11) is 0. The Balaban J connectivity index is 2.03. The molecule has 0 fully saturated rings. The zero-order valence-electron chi connectivity index (χ0n) is 14.2. The fourth-order valence-electron chi connectivity index (χ4n) is 3.54. The molecule has 0 atom stereocenters. The summed E-state index contributed by atoms with van der Waals surface area (Å²) in [5.74, 6) is 0. The second-order valence-corrected chi connectivity index (χ2v) is 6.34. The van der Waals surface area contributed by atoms with Crippen LogP contribution in [0.5, 0.6) is 0 Å². The summed E-state index contributed by atoms with van der Waals surface area (Å²) in [5.41, 5.74) is 14.7. The minimum atomic E-state index is 0.830. The van der Waals surface area contributed by atoms with Crippen LogP contribution in [0.15, 0.2) is 91.0 Å². The standard InChI is InChI=1S/C24H21N/c25-22-17-16-21(18-10-4-1-5-11-18)23(19-12-6-2-7-13-19)24(22)20-14-8-3-9-15-20/h1-6,8-12,14-17H,7,13,25H2. The van der Waals surface area contributed by atoms with Gasteiger partial charge in [-0.1, -0.05) is 85.0 Å². The van der Waals surface area contributed by atoms with Gasteiger partial charge in [0.15, 0.2) is 0 Å². The average Bonchev–Trinajstić information content (AvgIpc) is 2.70. The van der Waals surface area contributed by atoms with E-state index in [4.69, 9.17) is 5.73 Å². The molecule has 0 unspecified atom stereocenters. The van der Waals surface area contributed by atoms with Gasteiger partial charge in [0.2, 0.25) is 0 Å². The number of hydrogen-bond donors (Lipinski definition) is 1. The number of benzene rings is 3. The molecule has 3 aromatic rings. The predicted octanol–water partition coefficient (Wildman–Crippen LogP) is 6.34. The summed E-state index contributed by atoms with van der Waals surface area (Å²) in [5, 5.41) is 0. The van der Waals surface area contributed by atoms with E-state index in [1.807, 2.05) is 12.1 Å². The van der Waals surface area contributed by atoms with Gasteiger partial charge in [-0.15, -0.1) is 0 Å². The number of rotatable bonds is 3. The quantitative estimate of drug-likeness (QED) is 0.559. The minimum absolute atomic E-state index is 0.830. The Morgan fingerprint density at radius 3 is 2.00 bits per heavy atom. The molecule has 4 rings (SSSR count). The van der Waals surface area contributed by atoms with Gasteiger partial charge in [-0.2, -0.15) is 0 Å². The first kappa shape index (κ1) is 15.5. The van der Waals surface area contributed by atoms with Crippen molar-refractivity contribution in [1.82, 2.24) is 0 Å². The van der Waals surface area contributed by atoms with Crippen molar-refractivity contribution < 1.29 is 0 Å². The molecule has 122 valence electrons. The lowest BCUT2D eigenvalue weighted by atomic mass is 9.84. The van der Waals surface area contributed by atoms with Crippen LogP contribution in [0.4, 0.5) is 5.69 Å². The first-order valence-electron chi connectivity index (χ1n) is 8.74. The molecule has 0 bridgehead atoms. The smallest absolute Gasteiger partial charge is 0.0400 e. The molecule has 2 N–H and O–H groups in total. The van der Waals surface area contributed by atoms with Crippen LogP contribution in [-0.2, 0) is 0 Å². The zero-order valence-corrected chi connectivity index (χ0v) is 14.2. The van der Waals surface area contributed by atoms with Crippen molar-refractivity contribution in [3.8, 4) is 22.3 Å². The highest BCUT2D eigenvalue weighted by molar-refractivity contribution is 5.96. The topological polar surface area (TPSA) is 26.0 Å². The lowest BCUT2D eigenvalue weighted by Gasteiger charge is -2.21. The molecule has 3 aromatic carbocycles. The maximum atomic E-state index is 6.46. The summed E-state index contributed by atoms with van der Waals surface area (Å²) in [6, 6.07) is 25.2. The van der Waals surface area contributed by atoms with Gasteiger partial charge in [-0.25, -0.2) is 0 Å². The number of allylic oxidation sites excluding steroid dienone is 4. The van der Waals surface area contributed by atoms with Crippen LogP contribution < -0.4 is 5.73 Å². The van der Waals surface area contributed by atoms with Gasteiger partial charge < -0.3 is 5.73 Å². The van der Waals surface area contributed by atoms with Gasteiger partial charge in [-0.05, 0) is 46.7 Å². The second-order valence-electron chi connectivity index (χ2n) is 6.34. The lowest BCUT2D eigenvalue weighted by molar-refractivity contribution is 1.05. The van der Waals surface area contributed by atoms with E-state index < -0.39 is 0 Å². The molecule has 0 saturated carbocycles. The van der Waals surface area contributed by atoms with Crippen molar-refractivity contribution in [2.75, 3.05) is 5.73 Å². The van der Waals surface area contributed by atoms with Gasteiger partial charge in [0, 0.05) is 11.3 Å². The van der Waals surface area contributed by atoms with Crippen molar-refractivity contribution in [3.05, 3.63) is 96.6 Å². The molecule has 0 aliphatic heterocycles. The third kappa shape index (κ3) is 3.01. The molecule has 0 amide bonds. The van der Waals surface area contributed by atoms with E-state index in [2.05, 4.69) is 78.9 Å². The van der Waals surface area contributed by atoms with E-state index in [1.165, 1.54) is 27.8 Å². The summed E-state index contributed by atoms with van der Waals surface area (Å²) < 4.78 is 0. The van der Waals surface area contributed by atoms with Crippen molar-refractivity contribution >= 4 is 11.3 Å². The Kier molecular flexibility index (Phi) is 4.22. The monoisotopic (exact) mass is 323 g/mol. The second kappa shape index (κ2) is 6.82. The number of hydrogen-bond acceptors (Lipinski definition) is 1. The van der Waals surface area contributed by atoms with Crippen LogP contribution >= 0.6 is 0 Å². The Morgan fingerprint density at radius 1 is 0.680 bits per heavy atom. The van der Waals surface area contributed by atoms with Crippen LogP contribution in [0.2, 0.25) is 0 Å².